The molecule has 0 saturated carbocycles. The molecule has 13 heteroatoms. The average Bonchev–Trinajstić information content (AvgIpc) is 2.79. The number of aromatic nitrogens is 3. The molecular weight excluding hydrogens is 455 g/mol. The molecule has 2 aromatic heterocycles. The van der Waals surface area contributed by atoms with Gasteiger partial charge in [-0.15, -0.1) is 5.10 Å². The van der Waals surface area contributed by atoms with Crippen molar-refractivity contribution in [3.8, 4) is 17.4 Å². The Bertz CT molecular complexity index is 1290. The zero-order valence-corrected chi connectivity index (χ0v) is 18.3. The van der Waals surface area contributed by atoms with Crippen molar-refractivity contribution in [2.45, 2.75) is 19.5 Å². The maximum Gasteiger partial charge on any atom is 0.416 e. The van der Waals surface area contributed by atoms with Gasteiger partial charge in [0.1, 0.15) is 5.69 Å². The van der Waals surface area contributed by atoms with Gasteiger partial charge in [-0.2, -0.15) is 13.5 Å². The molecule has 1 atom stereocenters. The normalized spacial score (nSPS) is 15.5. The van der Waals surface area contributed by atoms with E-state index < -0.39 is 28.2 Å². The number of benzene rings is 1. The summed E-state index contributed by atoms with van der Waals surface area (Å²) in [4.78, 5) is 18.3. The van der Waals surface area contributed by atoms with Gasteiger partial charge >= 0.3 is 6.09 Å². The number of pyridine rings is 1. The Morgan fingerprint density at radius 3 is 2.82 bits per heavy atom. The minimum absolute atomic E-state index is 0.0983. The molecule has 0 bridgehead atoms. The van der Waals surface area contributed by atoms with Crippen LogP contribution in [0.1, 0.15) is 24.2 Å². The van der Waals surface area contributed by atoms with Crippen molar-refractivity contribution in [2.24, 2.45) is 0 Å². The molecule has 11 nitrogen and oxygen atoms in total. The van der Waals surface area contributed by atoms with E-state index in [-0.39, 0.29) is 29.4 Å². The molecule has 0 unspecified atom stereocenters. The summed E-state index contributed by atoms with van der Waals surface area (Å²) in [7, 11) is -2.71. The van der Waals surface area contributed by atoms with E-state index in [1.165, 1.54) is 48.6 Å². The lowest BCUT2D eigenvalue weighted by Crippen LogP contribution is -2.40. The summed E-state index contributed by atoms with van der Waals surface area (Å²) in [5.41, 5.74) is 0.305. The highest BCUT2D eigenvalue weighted by atomic mass is 32.2. The Morgan fingerprint density at radius 1 is 1.27 bits per heavy atom. The van der Waals surface area contributed by atoms with Gasteiger partial charge in [-0.05, 0) is 19.1 Å². The van der Waals surface area contributed by atoms with E-state index in [0.29, 0.717) is 11.4 Å². The van der Waals surface area contributed by atoms with Crippen molar-refractivity contribution in [2.75, 3.05) is 11.8 Å². The average molecular weight is 474 g/mol. The van der Waals surface area contributed by atoms with Crippen LogP contribution in [-0.2, 0) is 16.8 Å². The third kappa shape index (κ3) is 4.83. The zero-order chi connectivity index (χ0) is 23.6. The maximum absolute atomic E-state index is 14.9. The number of nitrogens with zero attached hydrogens (tertiary/aromatic N) is 4. The van der Waals surface area contributed by atoms with Crippen LogP contribution in [0.3, 0.4) is 0 Å². The van der Waals surface area contributed by atoms with Gasteiger partial charge in [-0.3, -0.25) is 14.6 Å². The fourth-order valence-corrected chi connectivity index (χ4v) is 3.72. The second-order valence-electron chi connectivity index (χ2n) is 6.98. The van der Waals surface area contributed by atoms with E-state index in [0.717, 1.165) is 0 Å². The lowest BCUT2D eigenvalue weighted by Gasteiger charge is -2.33. The second kappa shape index (κ2) is 8.96. The summed E-state index contributed by atoms with van der Waals surface area (Å²) < 4.78 is 53.4. The Labute approximate surface area is 188 Å². The summed E-state index contributed by atoms with van der Waals surface area (Å²) in [6.07, 6.45) is 2.24. The van der Waals surface area contributed by atoms with Crippen molar-refractivity contribution >= 4 is 22.0 Å². The van der Waals surface area contributed by atoms with Crippen LogP contribution in [0.15, 0.2) is 48.8 Å². The number of carbonyl (C=O) groups excluding carboxylic acids is 1. The van der Waals surface area contributed by atoms with Crippen molar-refractivity contribution in [1.82, 2.24) is 24.8 Å². The van der Waals surface area contributed by atoms with Gasteiger partial charge in [0.25, 0.3) is 10.2 Å². The van der Waals surface area contributed by atoms with Gasteiger partial charge in [-0.1, -0.05) is 12.1 Å². The predicted molar refractivity (Wildman–Crippen MR) is 114 cm³/mol. The monoisotopic (exact) mass is 474 g/mol. The molecule has 0 saturated heterocycles. The fraction of sp³-hybridized carbons (Fsp3) is 0.200. The quantitative estimate of drug-likeness (QED) is 0.534. The lowest BCUT2D eigenvalue weighted by atomic mass is 10.1. The van der Waals surface area contributed by atoms with Crippen LogP contribution in [0.4, 0.5) is 14.9 Å². The summed E-state index contributed by atoms with van der Waals surface area (Å²) >= 11 is 0. The molecule has 1 aliphatic heterocycles. The maximum atomic E-state index is 14.9. The SMILES string of the molecule is CNS(=O)(=O)Nc1cccc(CN2C(=O)Oc3cc(Oc4cccnn4)cnc3[C@H]2C)c1F. The van der Waals surface area contributed by atoms with Crippen LogP contribution >= 0.6 is 0 Å². The number of amides is 1. The van der Waals surface area contributed by atoms with E-state index in [4.69, 9.17) is 9.47 Å². The third-order valence-electron chi connectivity index (χ3n) is 4.85. The van der Waals surface area contributed by atoms with E-state index >= 15 is 0 Å². The van der Waals surface area contributed by atoms with Gasteiger partial charge < -0.3 is 9.47 Å². The predicted octanol–water partition coefficient (Wildman–Crippen LogP) is 2.75. The van der Waals surface area contributed by atoms with E-state index in [1.807, 2.05) is 4.72 Å². The van der Waals surface area contributed by atoms with Crippen molar-refractivity contribution < 1.29 is 27.1 Å². The molecule has 2 N–H and O–H groups in total. The number of ether oxygens (including phenoxy) is 2. The van der Waals surface area contributed by atoms with E-state index in [1.54, 1.807) is 19.1 Å². The molecule has 3 heterocycles. The van der Waals surface area contributed by atoms with Crippen LogP contribution in [-0.4, -0.2) is 41.6 Å². The first kappa shape index (κ1) is 22.4. The molecule has 172 valence electrons. The molecule has 33 heavy (non-hydrogen) atoms. The summed E-state index contributed by atoms with van der Waals surface area (Å²) in [6, 6.07) is 8.44. The molecule has 1 amide bonds. The second-order valence-corrected chi connectivity index (χ2v) is 8.60. The van der Waals surface area contributed by atoms with Crippen LogP contribution in [0.25, 0.3) is 0 Å². The summed E-state index contributed by atoms with van der Waals surface area (Å²) in [5, 5.41) is 7.54. The van der Waals surface area contributed by atoms with Gasteiger partial charge in [0.15, 0.2) is 17.3 Å². The van der Waals surface area contributed by atoms with Crippen LogP contribution in [0.2, 0.25) is 0 Å². The molecule has 0 spiro atoms. The number of hydrogen-bond donors (Lipinski definition) is 2. The highest BCUT2D eigenvalue weighted by molar-refractivity contribution is 7.90. The molecule has 0 aliphatic carbocycles. The Hall–Kier alpha value is -3.84. The minimum atomic E-state index is -3.91. The first-order chi connectivity index (χ1) is 15.8. The lowest BCUT2D eigenvalue weighted by molar-refractivity contribution is 0.114. The first-order valence-electron chi connectivity index (χ1n) is 9.70. The molecule has 0 fully saturated rings. The van der Waals surface area contributed by atoms with Crippen molar-refractivity contribution in [3.63, 3.8) is 0 Å². The van der Waals surface area contributed by atoms with Crippen LogP contribution in [0.5, 0.6) is 17.4 Å². The largest absolute Gasteiger partial charge is 0.436 e. The topological polar surface area (TPSA) is 136 Å². The molecule has 3 aromatic rings. The number of nitrogens with one attached hydrogen (secondary N) is 2. The highest BCUT2D eigenvalue weighted by Gasteiger charge is 2.34. The van der Waals surface area contributed by atoms with Gasteiger partial charge in [0.2, 0.25) is 5.88 Å². The standard InChI is InChI=1S/C20H19FN6O5S/c1-12-19-16(9-14(10-23-19)31-17-7-4-8-24-25-17)32-20(28)27(12)11-13-5-3-6-15(18(13)21)26-33(29,30)22-2/h3-10,12,22,26H,11H2,1-2H3/t12-/m1/s1. The molecule has 1 aliphatic rings. The third-order valence-corrected chi connectivity index (χ3v) is 5.88. The number of rotatable bonds is 7. The molecule has 1 aromatic carbocycles. The number of anilines is 1. The number of carbonyl (C=O) groups is 1. The summed E-state index contributed by atoms with van der Waals surface area (Å²) in [5.74, 6) is -0.0393. The molecule has 4 rings (SSSR count). The van der Waals surface area contributed by atoms with Crippen LogP contribution < -0.4 is 18.9 Å². The Balaban J connectivity index is 1.55. The van der Waals surface area contributed by atoms with Crippen molar-refractivity contribution in [1.29, 1.82) is 0 Å². The number of halogens is 1. The highest BCUT2D eigenvalue weighted by Crippen LogP contribution is 2.37. The zero-order valence-electron chi connectivity index (χ0n) is 17.5. The van der Waals surface area contributed by atoms with Gasteiger partial charge in [-0.25, -0.2) is 13.9 Å². The Kier molecular flexibility index (Phi) is 6.07. The van der Waals surface area contributed by atoms with E-state index in [9.17, 15) is 17.6 Å². The minimum Gasteiger partial charge on any atom is -0.436 e. The van der Waals surface area contributed by atoms with E-state index in [2.05, 4.69) is 19.9 Å². The van der Waals surface area contributed by atoms with Crippen molar-refractivity contribution in [3.05, 3.63) is 65.9 Å². The first-order valence-corrected chi connectivity index (χ1v) is 11.2. The number of hydrogen-bond acceptors (Lipinski definition) is 8. The smallest absolute Gasteiger partial charge is 0.416 e. The number of fused-ring (bicyclic) bond motifs is 1. The summed E-state index contributed by atoms with van der Waals surface area (Å²) in [6.45, 7) is 1.56. The van der Waals surface area contributed by atoms with Crippen LogP contribution in [0, 0.1) is 5.82 Å². The van der Waals surface area contributed by atoms with Gasteiger partial charge in [0, 0.05) is 30.9 Å². The van der Waals surface area contributed by atoms with Gasteiger partial charge in [0.05, 0.1) is 24.5 Å². The fourth-order valence-electron chi connectivity index (χ4n) is 3.17. The molecular formula is C20H19FN6O5S. The Morgan fingerprint density at radius 2 is 2.09 bits per heavy atom. The molecule has 0 radical (unpaired) electrons.